The lowest BCUT2D eigenvalue weighted by Crippen LogP contribution is -2.00. The van der Waals surface area contributed by atoms with Crippen molar-refractivity contribution in [2.75, 3.05) is 0 Å². The van der Waals surface area contributed by atoms with E-state index < -0.39 is 0 Å². The van der Waals surface area contributed by atoms with Crippen molar-refractivity contribution < 1.29 is 5.11 Å². The van der Waals surface area contributed by atoms with E-state index in [4.69, 9.17) is 16.7 Å². The van der Waals surface area contributed by atoms with Crippen LogP contribution in [0.25, 0.3) is 5.69 Å². The molecule has 0 spiro atoms. The lowest BCUT2D eigenvalue weighted by molar-refractivity contribution is 0.281. The van der Waals surface area contributed by atoms with Gasteiger partial charge in [0.1, 0.15) is 0 Å². The van der Waals surface area contributed by atoms with Gasteiger partial charge in [-0.3, -0.25) is 4.98 Å². The summed E-state index contributed by atoms with van der Waals surface area (Å²) in [5.74, 6) is 0. The molecule has 2 heterocycles. The minimum absolute atomic E-state index is 0.0463. The Morgan fingerprint density at radius 3 is 2.93 bits per heavy atom. The van der Waals surface area contributed by atoms with Crippen LogP contribution >= 0.6 is 11.6 Å². The van der Waals surface area contributed by atoms with Crippen LogP contribution < -0.4 is 0 Å². The number of aromatic nitrogens is 3. The van der Waals surface area contributed by atoms with E-state index in [1.807, 2.05) is 0 Å². The summed E-state index contributed by atoms with van der Waals surface area (Å²) in [6, 6.07) is 1.74. The number of aliphatic hydroxyl groups excluding tert-OH is 1. The van der Waals surface area contributed by atoms with E-state index in [9.17, 15) is 0 Å². The van der Waals surface area contributed by atoms with E-state index in [1.165, 1.54) is 6.20 Å². The van der Waals surface area contributed by atoms with Gasteiger partial charge in [-0.15, -0.1) is 0 Å². The van der Waals surface area contributed by atoms with E-state index in [-0.39, 0.29) is 6.61 Å². The van der Waals surface area contributed by atoms with Gasteiger partial charge in [0.15, 0.2) is 0 Å². The van der Waals surface area contributed by atoms with E-state index >= 15 is 0 Å². The summed E-state index contributed by atoms with van der Waals surface area (Å²) in [7, 11) is 0. The molecule has 4 nitrogen and oxygen atoms in total. The molecule has 14 heavy (non-hydrogen) atoms. The predicted molar refractivity (Wildman–Crippen MR) is 52.3 cm³/mol. The Kier molecular flexibility index (Phi) is 2.47. The fraction of sp³-hybridized carbons (Fsp3) is 0.111. The van der Waals surface area contributed by atoms with Crippen LogP contribution in [0.2, 0.25) is 5.02 Å². The molecule has 0 saturated heterocycles. The SMILES string of the molecule is OCc1ccncc1-n1cc(Cl)cn1. The second-order valence-electron chi connectivity index (χ2n) is 2.77. The lowest BCUT2D eigenvalue weighted by atomic mass is 10.2. The third-order valence-corrected chi connectivity index (χ3v) is 2.05. The van der Waals surface area contributed by atoms with Gasteiger partial charge in [-0.1, -0.05) is 11.6 Å². The summed E-state index contributed by atoms with van der Waals surface area (Å²) in [5.41, 5.74) is 1.50. The lowest BCUT2D eigenvalue weighted by Gasteiger charge is -2.05. The van der Waals surface area contributed by atoms with Crippen molar-refractivity contribution in [3.63, 3.8) is 0 Å². The van der Waals surface area contributed by atoms with Gasteiger partial charge < -0.3 is 5.11 Å². The van der Waals surface area contributed by atoms with E-state index in [1.54, 1.807) is 29.3 Å². The highest BCUT2D eigenvalue weighted by molar-refractivity contribution is 6.30. The molecule has 2 aromatic rings. The minimum Gasteiger partial charge on any atom is -0.392 e. The predicted octanol–water partition coefficient (Wildman–Crippen LogP) is 1.41. The normalized spacial score (nSPS) is 10.4. The standard InChI is InChI=1S/C9H8ClN3O/c10-8-3-12-13(5-8)9-4-11-2-1-7(9)6-14/h1-5,14H,6H2. The first-order valence-corrected chi connectivity index (χ1v) is 4.43. The zero-order chi connectivity index (χ0) is 9.97. The van der Waals surface area contributed by atoms with Crippen molar-refractivity contribution in [1.29, 1.82) is 0 Å². The van der Waals surface area contributed by atoms with Crippen LogP contribution in [0.15, 0.2) is 30.9 Å². The molecule has 72 valence electrons. The summed E-state index contributed by atoms with van der Waals surface area (Å²) < 4.78 is 1.58. The van der Waals surface area contributed by atoms with Gasteiger partial charge >= 0.3 is 0 Å². The molecule has 0 aliphatic heterocycles. The third kappa shape index (κ3) is 1.62. The molecule has 2 rings (SSSR count). The number of pyridine rings is 1. The molecule has 0 atom stereocenters. The van der Waals surface area contributed by atoms with Crippen molar-refractivity contribution in [3.05, 3.63) is 41.4 Å². The number of hydrogen-bond donors (Lipinski definition) is 1. The van der Waals surface area contributed by atoms with Crippen molar-refractivity contribution in [2.24, 2.45) is 0 Å². The fourth-order valence-corrected chi connectivity index (χ4v) is 1.32. The van der Waals surface area contributed by atoms with Crippen molar-refractivity contribution in [3.8, 4) is 5.69 Å². The summed E-state index contributed by atoms with van der Waals surface area (Å²) >= 11 is 5.74. The van der Waals surface area contributed by atoms with Gasteiger partial charge in [-0.2, -0.15) is 5.10 Å². The average molecular weight is 210 g/mol. The average Bonchev–Trinajstić information content (AvgIpc) is 2.65. The third-order valence-electron chi connectivity index (χ3n) is 1.86. The second kappa shape index (κ2) is 3.77. The van der Waals surface area contributed by atoms with Crippen LogP contribution in [0, 0.1) is 0 Å². The van der Waals surface area contributed by atoms with E-state index in [2.05, 4.69) is 10.1 Å². The van der Waals surface area contributed by atoms with Gasteiger partial charge in [0.05, 0.1) is 29.7 Å². The highest BCUT2D eigenvalue weighted by Gasteiger charge is 2.04. The molecule has 0 saturated carbocycles. The molecule has 0 aliphatic rings. The van der Waals surface area contributed by atoms with Crippen LogP contribution in [-0.2, 0) is 6.61 Å². The summed E-state index contributed by atoms with van der Waals surface area (Å²) in [4.78, 5) is 3.96. The highest BCUT2D eigenvalue weighted by Crippen LogP contribution is 2.14. The van der Waals surface area contributed by atoms with Crippen molar-refractivity contribution >= 4 is 11.6 Å². The quantitative estimate of drug-likeness (QED) is 0.814. The molecule has 0 unspecified atom stereocenters. The summed E-state index contributed by atoms with van der Waals surface area (Å²) in [6.45, 7) is -0.0463. The zero-order valence-corrected chi connectivity index (χ0v) is 8.02. The molecule has 2 aromatic heterocycles. The molecular weight excluding hydrogens is 202 g/mol. The molecule has 0 aromatic carbocycles. The Bertz CT molecular complexity index is 441. The van der Waals surface area contributed by atoms with Crippen LogP contribution in [0.4, 0.5) is 0 Å². The van der Waals surface area contributed by atoms with Crippen LogP contribution in [0.1, 0.15) is 5.56 Å². The first-order chi connectivity index (χ1) is 6.81. The minimum atomic E-state index is -0.0463. The number of halogens is 1. The number of hydrogen-bond acceptors (Lipinski definition) is 3. The maximum absolute atomic E-state index is 9.08. The maximum Gasteiger partial charge on any atom is 0.0884 e. The first-order valence-electron chi connectivity index (χ1n) is 4.05. The molecule has 0 amide bonds. The Morgan fingerprint density at radius 1 is 1.43 bits per heavy atom. The largest absolute Gasteiger partial charge is 0.392 e. The topological polar surface area (TPSA) is 50.9 Å². The molecular formula is C9H8ClN3O. The number of aliphatic hydroxyl groups is 1. The zero-order valence-electron chi connectivity index (χ0n) is 7.26. The fourth-order valence-electron chi connectivity index (χ4n) is 1.19. The Hall–Kier alpha value is -1.39. The first kappa shape index (κ1) is 9.18. The monoisotopic (exact) mass is 209 g/mol. The molecule has 5 heteroatoms. The number of nitrogens with zero attached hydrogens (tertiary/aromatic N) is 3. The Morgan fingerprint density at radius 2 is 2.29 bits per heavy atom. The summed E-state index contributed by atoms with van der Waals surface area (Å²) in [6.07, 6.45) is 6.46. The van der Waals surface area contributed by atoms with E-state index in [0.717, 1.165) is 11.3 Å². The van der Waals surface area contributed by atoms with Crippen LogP contribution in [0.3, 0.4) is 0 Å². The summed E-state index contributed by atoms with van der Waals surface area (Å²) in [5, 5.41) is 13.7. The molecule has 1 N–H and O–H groups in total. The smallest absolute Gasteiger partial charge is 0.0884 e. The van der Waals surface area contributed by atoms with Gasteiger partial charge in [0, 0.05) is 18.0 Å². The number of rotatable bonds is 2. The van der Waals surface area contributed by atoms with Gasteiger partial charge in [0.25, 0.3) is 0 Å². The molecule has 0 radical (unpaired) electrons. The molecule has 0 fully saturated rings. The highest BCUT2D eigenvalue weighted by atomic mass is 35.5. The van der Waals surface area contributed by atoms with Gasteiger partial charge in [-0.05, 0) is 6.07 Å². The van der Waals surface area contributed by atoms with Gasteiger partial charge in [-0.25, -0.2) is 4.68 Å². The molecule has 0 aliphatic carbocycles. The van der Waals surface area contributed by atoms with E-state index in [0.29, 0.717) is 5.02 Å². The second-order valence-corrected chi connectivity index (χ2v) is 3.20. The Balaban J connectivity index is 2.50. The molecule has 0 bridgehead atoms. The van der Waals surface area contributed by atoms with Crippen LogP contribution in [0.5, 0.6) is 0 Å². The maximum atomic E-state index is 9.08. The van der Waals surface area contributed by atoms with Crippen molar-refractivity contribution in [2.45, 2.75) is 6.61 Å². The Labute approximate surface area is 85.8 Å². The van der Waals surface area contributed by atoms with Crippen molar-refractivity contribution in [1.82, 2.24) is 14.8 Å². The van der Waals surface area contributed by atoms with Crippen LogP contribution in [-0.4, -0.2) is 19.9 Å². The van der Waals surface area contributed by atoms with Gasteiger partial charge in [0.2, 0.25) is 0 Å².